The van der Waals surface area contributed by atoms with Gasteiger partial charge in [0.05, 0.1) is 11.7 Å². The number of likely N-dealkylation sites (tertiary alicyclic amines) is 1. The van der Waals surface area contributed by atoms with Crippen LogP contribution in [0.3, 0.4) is 0 Å². The first-order valence-corrected chi connectivity index (χ1v) is 8.10. The number of piperidine rings is 1. The zero-order chi connectivity index (χ0) is 15.6. The molecule has 2 heterocycles. The summed E-state index contributed by atoms with van der Waals surface area (Å²) in [5, 5.41) is 0. The Hall–Kier alpha value is -1.43. The monoisotopic (exact) mass is 310 g/mol. The fourth-order valence-electron chi connectivity index (χ4n) is 2.60. The van der Waals surface area contributed by atoms with Crippen LogP contribution in [0.25, 0.3) is 0 Å². The molecule has 116 valence electrons. The summed E-state index contributed by atoms with van der Waals surface area (Å²) in [5.74, 6) is -0.335. The number of nitrogens with zero attached hydrogens (tertiary/aromatic N) is 2. The normalized spacial score (nSPS) is 23.0. The number of hydrogen-bond acceptors (Lipinski definition) is 5. The van der Waals surface area contributed by atoms with Crippen molar-refractivity contribution in [1.82, 2.24) is 9.88 Å². The van der Waals surface area contributed by atoms with Gasteiger partial charge < -0.3 is 9.64 Å². The molecule has 2 rings (SSSR count). The van der Waals surface area contributed by atoms with Crippen molar-refractivity contribution in [3.8, 4) is 0 Å². The summed E-state index contributed by atoms with van der Waals surface area (Å²) in [4.78, 5) is 31.2. The molecular formula is C15H22N2O3S. The molecule has 1 aliphatic rings. The lowest BCUT2D eigenvalue weighted by Crippen LogP contribution is -2.53. The maximum atomic E-state index is 12.6. The van der Waals surface area contributed by atoms with Gasteiger partial charge in [-0.25, -0.2) is 4.79 Å². The molecule has 5 nitrogen and oxygen atoms in total. The van der Waals surface area contributed by atoms with Crippen molar-refractivity contribution in [1.29, 1.82) is 0 Å². The largest absolute Gasteiger partial charge is 0.458 e. The molecule has 6 heteroatoms. The third-order valence-electron chi connectivity index (χ3n) is 3.49. The second kappa shape index (κ2) is 6.13. The first-order chi connectivity index (χ1) is 9.79. The number of thiazole rings is 1. The average Bonchev–Trinajstić information content (AvgIpc) is 2.89. The van der Waals surface area contributed by atoms with E-state index in [-0.39, 0.29) is 17.8 Å². The van der Waals surface area contributed by atoms with Crippen molar-refractivity contribution in [3.05, 3.63) is 16.6 Å². The van der Waals surface area contributed by atoms with E-state index in [1.54, 1.807) is 16.6 Å². The van der Waals surface area contributed by atoms with Gasteiger partial charge in [-0.3, -0.25) is 9.78 Å². The number of esters is 1. The zero-order valence-electron chi connectivity index (χ0n) is 13.0. The average molecular weight is 310 g/mol. The standard InChI is InChI=1S/C15H22N2O3S/c1-10-6-5-7-17(13(18)11-8-16-9-21-11)12(10)14(19)20-15(2,3)4/h8-10,12H,5-7H2,1-4H3/t10-,12-/m0/s1. The summed E-state index contributed by atoms with van der Waals surface area (Å²) < 4.78 is 5.50. The van der Waals surface area contributed by atoms with E-state index in [1.807, 2.05) is 27.7 Å². The highest BCUT2D eigenvalue weighted by Gasteiger charge is 2.40. The van der Waals surface area contributed by atoms with Crippen molar-refractivity contribution in [2.75, 3.05) is 6.54 Å². The Kier molecular flexibility index (Phi) is 4.66. The smallest absolute Gasteiger partial charge is 0.329 e. The minimum Gasteiger partial charge on any atom is -0.458 e. The van der Waals surface area contributed by atoms with Gasteiger partial charge in [0.2, 0.25) is 0 Å². The van der Waals surface area contributed by atoms with Crippen LogP contribution in [0.5, 0.6) is 0 Å². The lowest BCUT2D eigenvalue weighted by molar-refractivity contribution is -0.163. The number of rotatable bonds is 2. The van der Waals surface area contributed by atoms with E-state index in [0.29, 0.717) is 11.4 Å². The fourth-order valence-corrected chi connectivity index (χ4v) is 3.18. The van der Waals surface area contributed by atoms with Crippen LogP contribution in [0.2, 0.25) is 0 Å². The second-order valence-electron chi connectivity index (χ2n) is 6.46. The third-order valence-corrected chi connectivity index (χ3v) is 4.25. The van der Waals surface area contributed by atoms with Gasteiger partial charge in [0.25, 0.3) is 5.91 Å². The van der Waals surface area contributed by atoms with Crippen LogP contribution >= 0.6 is 11.3 Å². The van der Waals surface area contributed by atoms with Gasteiger partial charge in [-0.2, -0.15) is 0 Å². The summed E-state index contributed by atoms with van der Waals surface area (Å²) in [7, 11) is 0. The molecule has 0 spiro atoms. The van der Waals surface area contributed by atoms with E-state index in [4.69, 9.17) is 4.74 Å². The Bertz CT molecular complexity index is 507. The number of ether oxygens (including phenoxy) is 1. The number of carbonyl (C=O) groups excluding carboxylic acids is 2. The van der Waals surface area contributed by atoms with Gasteiger partial charge in [0.1, 0.15) is 16.5 Å². The quantitative estimate of drug-likeness (QED) is 0.788. The molecule has 1 aromatic rings. The molecule has 2 atom stereocenters. The third kappa shape index (κ3) is 3.81. The number of amides is 1. The molecule has 1 amide bonds. The Morgan fingerprint density at radius 3 is 2.71 bits per heavy atom. The van der Waals surface area contributed by atoms with Crippen molar-refractivity contribution in [2.24, 2.45) is 5.92 Å². The highest BCUT2D eigenvalue weighted by molar-refractivity contribution is 7.11. The first-order valence-electron chi connectivity index (χ1n) is 7.22. The Morgan fingerprint density at radius 2 is 2.14 bits per heavy atom. The molecule has 0 N–H and O–H groups in total. The van der Waals surface area contributed by atoms with Crippen LogP contribution < -0.4 is 0 Å². The summed E-state index contributed by atoms with van der Waals surface area (Å²) in [5.41, 5.74) is 1.08. The minimum atomic E-state index is -0.548. The van der Waals surface area contributed by atoms with E-state index >= 15 is 0 Å². The van der Waals surface area contributed by atoms with E-state index in [1.165, 1.54) is 11.3 Å². The Morgan fingerprint density at radius 1 is 1.43 bits per heavy atom. The van der Waals surface area contributed by atoms with Crippen molar-refractivity contribution < 1.29 is 14.3 Å². The Balaban J connectivity index is 2.21. The SMILES string of the molecule is C[C@H]1CCCN(C(=O)c2cncs2)[C@@H]1C(=O)OC(C)(C)C. The summed E-state index contributed by atoms with van der Waals surface area (Å²) in [6.07, 6.45) is 3.39. The molecule has 0 bridgehead atoms. The molecule has 0 aromatic carbocycles. The molecule has 0 saturated carbocycles. The van der Waals surface area contributed by atoms with Crippen LogP contribution in [0.4, 0.5) is 0 Å². The van der Waals surface area contributed by atoms with Gasteiger partial charge in [-0.05, 0) is 39.5 Å². The molecule has 1 saturated heterocycles. The molecule has 21 heavy (non-hydrogen) atoms. The van der Waals surface area contributed by atoms with Gasteiger partial charge >= 0.3 is 5.97 Å². The topological polar surface area (TPSA) is 59.5 Å². The van der Waals surface area contributed by atoms with E-state index in [0.717, 1.165) is 12.8 Å². The van der Waals surface area contributed by atoms with Crippen molar-refractivity contribution >= 4 is 23.2 Å². The predicted octanol–water partition coefficient (Wildman–Crippen LogP) is 2.73. The van der Waals surface area contributed by atoms with Crippen LogP contribution in [-0.2, 0) is 9.53 Å². The molecule has 1 fully saturated rings. The van der Waals surface area contributed by atoms with E-state index in [2.05, 4.69) is 4.98 Å². The summed E-state index contributed by atoms with van der Waals surface area (Å²) in [6, 6.07) is -0.507. The van der Waals surface area contributed by atoms with Crippen LogP contribution in [0.15, 0.2) is 11.7 Å². The maximum Gasteiger partial charge on any atom is 0.329 e. The summed E-state index contributed by atoms with van der Waals surface area (Å²) in [6.45, 7) is 8.11. The van der Waals surface area contributed by atoms with Gasteiger partial charge in [0.15, 0.2) is 0 Å². The molecular weight excluding hydrogens is 288 g/mol. The highest BCUT2D eigenvalue weighted by Crippen LogP contribution is 2.27. The molecule has 1 aliphatic heterocycles. The number of carbonyl (C=O) groups is 2. The van der Waals surface area contributed by atoms with Gasteiger partial charge in [0, 0.05) is 6.54 Å². The molecule has 0 aliphatic carbocycles. The first kappa shape index (κ1) is 15.9. The fraction of sp³-hybridized carbons (Fsp3) is 0.667. The number of hydrogen-bond donors (Lipinski definition) is 0. The highest BCUT2D eigenvalue weighted by atomic mass is 32.1. The summed E-state index contributed by atoms with van der Waals surface area (Å²) >= 11 is 1.30. The lowest BCUT2D eigenvalue weighted by atomic mass is 9.90. The predicted molar refractivity (Wildman–Crippen MR) is 81.2 cm³/mol. The van der Waals surface area contributed by atoms with Crippen LogP contribution in [0.1, 0.15) is 50.2 Å². The van der Waals surface area contributed by atoms with Crippen molar-refractivity contribution in [3.63, 3.8) is 0 Å². The lowest BCUT2D eigenvalue weighted by Gasteiger charge is -2.39. The Labute approximate surface area is 129 Å². The zero-order valence-corrected chi connectivity index (χ0v) is 13.8. The van der Waals surface area contributed by atoms with E-state index in [9.17, 15) is 9.59 Å². The molecule has 1 aromatic heterocycles. The van der Waals surface area contributed by atoms with E-state index < -0.39 is 11.6 Å². The molecule has 0 radical (unpaired) electrons. The molecule has 0 unspecified atom stereocenters. The number of aromatic nitrogens is 1. The minimum absolute atomic E-state index is 0.102. The second-order valence-corrected chi connectivity index (χ2v) is 7.35. The maximum absolute atomic E-state index is 12.6. The van der Waals surface area contributed by atoms with Gasteiger partial charge in [-0.1, -0.05) is 6.92 Å². The van der Waals surface area contributed by atoms with Crippen LogP contribution in [0, 0.1) is 5.92 Å². The van der Waals surface area contributed by atoms with Crippen molar-refractivity contribution in [2.45, 2.75) is 52.2 Å². The van der Waals surface area contributed by atoms with Crippen LogP contribution in [-0.4, -0.2) is 39.9 Å². The van der Waals surface area contributed by atoms with Gasteiger partial charge in [-0.15, -0.1) is 11.3 Å².